The summed E-state index contributed by atoms with van der Waals surface area (Å²) in [6.07, 6.45) is 0. The highest BCUT2D eigenvalue weighted by molar-refractivity contribution is 6.30. The summed E-state index contributed by atoms with van der Waals surface area (Å²) < 4.78 is 13.5. The number of halogens is 2. The first-order chi connectivity index (χ1) is 10.1. The highest BCUT2D eigenvalue weighted by Crippen LogP contribution is 2.36. The molecule has 3 nitrogen and oxygen atoms in total. The van der Waals surface area contributed by atoms with Crippen molar-refractivity contribution in [1.29, 1.82) is 0 Å². The van der Waals surface area contributed by atoms with Crippen molar-refractivity contribution in [1.82, 2.24) is 10.2 Å². The normalized spacial score (nSPS) is 10.8. The summed E-state index contributed by atoms with van der Waals surface area (Å²) in [5, 5.41) is 7.65. The fourth-order valence-corrected chi connectivity index (χ4v) is 2.62. The van der Waals surface area contributed by atoms with Gasteiger partial charge >= 0.3 is 0 Å². The van der Waals surface area contributed by atoms with Gasteiger partial charge in [-0.1, -0.05) is 29.8 Å². The molecule has 1 heterocycles. The number of nitrogens with two attached hydrogens (primary N) is 1. The molecular formula is C16H13ClFN3. The van der Waals surface area contributed by atoms with Gasteiger partial charge in [0, 0.05) is 10.6 Å². The number of hydrogen-bond donors (Lipinski definition) is 2. The third kappa shape index (κ3) is 2.50. The number of aromatic nitrogens is 2. The SMILES string of the molecule is Cc1cc(Cl)ccc1-c1[nH]nc(N)c1-c1cccc(F)c1. The molecule has 0 spiro atoms. The lowest BCUT2D eigenvalue weighted by Gasteiger charge is -2.08. The third-order valence-corrected chi connectivity index (χ3v) is 3.60. The Hall–Kier alpha value is -2.33. The lowest BCUT2D eigenvalue weighted by atomic mass is 9.98. The molecule has 0 radical (unpaired) electrons. The molecule has 3 N–H and O–H groups in total. The predicted molar refractivity (Wildman–Crippen MR) is 83.6 cm³/mol. The number of benzene rings is 2. The molecule has 0 saturated heterocycles. The van der Waals surface area contributed by atoms with Gasteiger partial charge in [-0.05, 0) is 42.3 Å². The Morgan fingerprint density at radius 1 is 1.19 bits per heavy atom. The van der Waals surface area contributed by atoms with Gasteiger partial charge in [-0.2, -0.15) is 5.10 Å². The Morgan fingerprint density at radius 2 is 2.00 bits per heavy atom. The summed E-state index contributed by atoms with van der Waals surface area (Å²) >= 11 is 5.99. The van der Waals surface area contributed by atoms with E-state index in [1.807, 2.05) is 19.1 Å². The van der Waals surface area contributed by atoms with E-state index < -0.39 is 0 Å². The second-order valence-corrected chi connectivity index (χ2v) is 5.26. The molecule has 5 heteroatoms. The molecule has 0 amide bonds. The van der Waals surface area contributed by atoms with Crippen molar-refractivity contribution in [3.8, 4) is 22.4 Å². The largest absolute Gasteiger partial charge is 0.382 e. The molecule has 2 aromatic carbocycles. The minimum absolute atomic E-state index is 0.313. The summed E-state index contributed by atoms with van der Waals surface area (Å²) in [4.78, 5) is 0. The molecular weight excluding hydrogens is 289 g/mol. The van der Waals surface area contributed by atoms with Crippen molar-refractivity contribution in [2.75, 3.05) is 5.73 Å². The van der Waals surface area contributed by atoms with Crippen LogP contribution in [0.3, 0.4) is 0 Å². The van der Waals surface area contributed by atoms with Crippen LogP contribution in [0, 0.1) is 12.7 Å². The molecule has 0 aliphatic carbocycles. The molecule has 0 bridgehead atoms. The second kappa shape index (κ2) is 5.22. The van der Waals surface area contributed by atoms with Gasteiger partial charge in [0.2, 0.25) is 0 Å². The van der Waals surface area contributed by atoms with Crippen LogP contribution < -0.4 is 5.73 Å². The molecule has 106 valence electrons. The van der Waals surface area contributed by atoms with E-state index in [9.17, 15) is 4.39 Å². The predicted octanol–water partition coefficient (Wildman–Crippen LogP) is 4.43. The monoisotopic (exact) mass is 301 g/mol. The maximum absolute atomic E-state index is 13.5. The summed E-state index contributed by atoms with van der Waals surface area (Å²) in [6.45, 7) is 1.95. The number of rotatable bonds is 2. The van der Waals surface area contributed by atoms with Gasteiger partial charge in [0.25, 0.3) is 0 Å². The summed E-state index contributed by atoms with van der Waals surface area (Å²) in [5.74, 6) is 0.0248. The van der Waals surface area contributed by atoms with Crippen molar-refractivity contribution in [2.45, 2.75) is 6.92 Å². The number of H-pyrrole nitrogens is 1. The summed E-state index contributed by atoms with van der Waals surface area (Å²) in [7, 11) is 0. The van der Waals surface area contributed by atoms with Crippen molar-refractivity contribution in [3.63, 3.8) is 0 Å². The molecule has 0 atom stereocenters. The van der Waals surface area contributed by atoms with Crippen LogP contribution in [0.4, 0.5) is 10.2 Å². The van der Waals surface area contributed by atoms with E-state index in [2.05, 4.69) is 10.2 Å². The van der Waals surface area contributed by atoms with Crippen molar-refractivity contribution in [3.05, 3.63) is 58.9 Å². The van der Waals surface area contributed by atoms with Crippen LogP contribution in [0.1, 0.15) is 5.56 Å². The highest BCUT2D eigenvalue weighted by atomic mass is 35.5. The zero-order valence-corrected chi connectivity index (χ0v) is 12.1. The molecule has 0 fully saturated rings. The van der Waals surface area contributed by atoms with Gasteiger partial charge in [0.1, 0.15) is 5.82 Å². The Morgan fingerprint density at radius 3 is 2.71 bits per heavy atom. The maximum atomic E-state index is 13.5. The van der Waals surface area contributed by atoms with E-state index in [-0.39, 0.29) is 5.82 Å². The van der Waals surface area contributed by atoms with Crippen molar-refractivity contribution in [2.24, 2.45) is 0 Å². The van der Waals surface area contributed by atoms with Gasteiger partial charge in [-0.25, -0.2) is 4.39 Å². The maximum Gasteiger partial charge on any atom is 0.153 e. The zero-order chi connectivity index (χ0) is 15.0. The molecule has 0 unspecified atom stereocenters. The van der Waals surface area contributed by atoms with Gasteiger partial charge < -0.3 is 5.73 Å². The van der Waals surface area contributed by atoms with Gasteiger partial charge in [-0.3, -0.25) is 5.10 Å². The molecule has 21 heavy (non-hydrogen) atoms. The summed E-state index contributed by atoms with van der Waals surface area (Å²) in [6, 6.07) is 11.9. The van der Waals surface area contributed by atoms with Crippen LogP contribution >= 0.6 is 11.6 Å². The zero-order valence-electron chi connectivity index (χ0n) is 11.3. The first-order valence-corrected chi connectivity index (χ1v) is 6.80. The van der Waals surface area contributed by atoms with Crippen molar-refractivity contribution < 1.29 is 4.39 Å². The average Bonchev–Trinajstić information content (AvgIpc) is 2.80. The molecule has 0 aliphatic rings. The molecule has 3 rings (SSSR count). The van der Waals surface area contributed by atoms with Crippen LogP contribution in [0.5, 0.6) is 0 Å². The second-order valence-electron chi connectivity index (χ2n) is 4.83. The Kier molecular flexibility index (Phi) is 3.39. The minimum atomic E-state index is -0.313. The Bertz CT molecular complexity index is 811. The van der Waals surface area contributed by atoms with E-state index in [0.29, 0.717) is 22.0 Å². The number of nitrogens with zero attached hydrogens (tertiary/aromatic N) is 1. The molecule has 0 saturated carbocycles. The standard InChI is InChI=1S/C16H13ClFN3/c1-9-7-11(17)5-6-13(9)15-14(16(19)21-20-15)10-3-2-4-12(18)8-10/h2-8H,1H3,(H3,19,20,21). The number of anilines is 1. The van der Waals surface area contributed by atoms with Gasteiger partial charge in [0.15, 0.2) is 5.82 Å². The highest BCUT2D eigenvalue weighted by Gasteiger charge is 2.16. The minimum Gasteiger partial charge on any atom is -0.382 e. The first kappa shape index (κ1) is 13.6. The van der Waals surface area contributed by atoms with Crippen LogP contribution in [0.25, 0.3) is 22.4 Å². The van der Waals surface area contributed by atoms with E-state index in [1.165, 1.54) is 12.1 Å². The van der Waals surface area contributed by atoms with Crippen LogP contribution in [-0.4, -0.2) is 10.2 Å². The van der Waals surface area contributed by atoms with Gasteiger partial charge in [0.05, 0.1) is 11.3 Å². The molecule has 0 aliphatic heterocycles. The first-order valence-electron chi connectivity index (χ1n) is 6.42. The van der Waals surface area contributed by atoms with Crippen LogP contribution in [0.2, 0.25) is 5.02 Å². The fraction of sp³-hybridized carbons (Fsp3) is 0.0625. The number of nitrogens with one attached hydrogen (secondary N) is 1. The van der Waals surface area contributed by atoms with E-state index in [0.717, 1.165) is 16.8 Å². The number of aryl methyl sites for hydroxylation is 1. The van der Waals surface area contributed by atoms with Crippen molar-refractivity contribution >= 4 is 17.4 Å². The fourth-order valence-electron chi connectivity index (χ4n) is 2.39. The summed E-state index contributed by atoms with van der Waals surface area (Å²) in [5.41, 5.74) is 10.0. The molecule has 1 aromatic heterocycles. The topological polar surface area (TPSA) is 54.7 Å². The van der Waals surface area contributed by atoms with E-state index in [4.69, 9.17) is 17.3 Å². The third-order valence-electron chi connectivity index (χ3n) is 3.37. The van der Waals surface area contributed by atoms with Crippen LogP contribution in [-0.2, 0) is 0 Å². The smallest absolute Gasteiger partial charge is 0.153 e. The van der Waals surface area contributed by atoms with Crippen LogP contribution in [0.15, 0.2) is 42.5 Å². The lowest BCUT2D eigenvalue weighted by molar-refractivity contribution is 0.628. The van der Waals surface area contributed by atoms with E-state index >= 15 is 0 Å². The number of nitrogen functional groups attached to an aromatic ring is 1. The van der Waals surface area contributed by atoms with E-state index in [1.54, 1.807) is 18.2 Å². The average molecular weight is 302 g/mol. The Labute approximate surface area is 126 Å². The van der Waals surface area contributed by atoms with Gasteiger partial charge in [-0.15, -0.1) is 0 Å². The lowest BCUT2D eigenvalue weighted by Crippen LogP contribution is -1.90. The number of aromatic amines is 1. The molecule has 3 aromatic rings. The number of hydrogen-bond acceptors (Lipinski definition) is 2. The Balaban J connectivity index is 2.22. The quantitative estimate of drug-likeness (QED) is 0.736.